The molecule has 0 aromatic heterocycles. The Kier molecular flexibility index (Phi) is 6.52. The predicted molar refractivity (Wildman–Crippen MR) is 80.3 cm³/mol. The number of ether oxygens (including phenoxy) is 1. The number of aliphatic carboxylic acids is 1. The normalized spacial score (nSPS) is 14.1. The van der Waals surface area contributed by atoms with Crippen molar-refractivity contribution in [2.24, 2.45) is 0 Å². The van der Waals surface area contributed by atoms with E-state index in [1.807, 2.05) is 38.1 Å². The fourth-order valence-electron chi connectivity index (χ4n) is 2.01. The third kappa shape index (κ3) is 4.85. The molecule has 0 saturated carbocycles. The lowest BCUT2D eigenvalue weighted by atomic mass is 9.98. The van der Waals surface area contributed by atoms with Crippen molar-refractivity contribution in [1.82, 2.24) is 5.32 Å². The minimum absolute atomic E-state index is 0.101. The molecule has 0 radical (unpaired) electrons. The summed E-state index contributed by atoms with van der Waals surface area (Å²) in [4.78, 5) is 11.2. The first-order valence-electron chi connectivity index (χ1n) is 7.16. The number of hydrogen-bond donors (Lipinski definition) is 2. The molecule has 2 unspecified atom stereocenters. The molecule has 112 valence electrons. The molecule has 0 fully saturated rings. The molecule has 0 spiro atoms. The van der Waals surface area contributed by atoms with Gasteiger partial charge in [-0.25, -0.2) is 0 Å². The van der Waals surface area contributed by atoms with E-state index in [0.29, 0.717) is 5.92 Å². The van der Waals surface area contributed by atoms with Crippen LogP contribution < -0.4 is 10.1 Å². The van der Waals surface area contributed by atoms with E-state index in [9.17, 15) is 9.90 Å². The molecule has 1 aromatic rings. The third-order valence-electron chi connectivity index (χ3n) is 3.30. The van der Waals surface area contributed by atoms with Gasteiger partial charge in [-0.05, 0) is 24.0 Å². The Labute approximate surface area is 121 Å². The lowest BCUT2D eigenvalue weighted by Crippen LogP contribution is -2.44. The summed E-state index contributed by atoms with van der Waals surface area (Å²) in [6.45, 7) is 8.23. The van der Waals surface area contributed by atoms with E-state index in [0.717, 1.165) is 17.7 Å². The second-order valence-electron chi connectivity index (χ2n) is 5.37. The Hall–Kier alpha value is -1.55. The Bertz CT molecular complexity index is 431. The highest BCUT2D eigenvalue weighted by Gasteiger charge is 2.20. The summed E-state index contributed by atoms with van der Waals surface area (Å²) in [7, 11) is 0. The average Bonchev–Trinajstić information content (AvgIpc) is 2.42. The van der Waals surface area contributed by atoms with Crippen molar-refractivity contribution in [3.63, 3.8) is 0 Å². The zero-order chi connectivity index (χ0) is 15.1. The van der Waals surface area contributed by atoms with Crippen LogP contribution in [0, 0.1) is 0 Å². The molecule has 4 heteroatoms. The van der Waals surface area contributed by atoms with Crippen LogP contribution in [0.3, 0.4) is 0 Å². The quantitative estimate of drug-likeness (QED) is 0.768. The maximum absolute atomic E-state index is 11.2. The van der Waals surface area contributed by atoms with Gasteiger partial charge in [0.2, 0.25) is 0 Å². The zero-order valence-electron chi connectivity index (χ0n) is 12.7. The molecular formula is C16H25NO3. The molecule has 4 nitrogen and oxygen atoms in total. The van der Waals surface area contributed by atoms with Gasteiger partial charge in [-0.15, -0.1) is 0 Å². The molecule has 0 aliphatic carbocycles. The molecule has 0 aliphatic heterocycles. The number of carbonyl (C=O) groups is 1. The van der Waals surface area contributed by atoms with Crippen molar-refractivity contribution in [2.75, 3.05) is 6.61 Å². The zero-order valence-corrected chi connectivity index (χ0v) is 12.7. The van der Waals surface area contributed by atoms with E-state index in [1.165, 1.54) is 0 Å². The first-order valence-corrected chi connectivity index (χ1v) is 7.16. The molecule has 2 N–H and O–H groups in total. The third-order valence-corrected chi connectivity index (χ3v) is 3.30. The van der Waals surface area contributed by atoms with Crippen molar-refractivity contribution < 1.29 is 14.6 Å². The molecule has 0 bridgehead atoms. The van der Waals surface area contributed by atoms with Crippen LogP contribution in [-0.2, 0) is 4.79 Å². The van der Waals surface area contributed by atoms with Crippen molar-refractivity contribution in [2.45, 2.75) is 52.1 Å². The van der Waals surface area contributed by atoms with Gasteiger partial charge in [0.15, 0.2) is 0 Å². The fraction of sp³-hybridized carbons (Fsp3) is 0.562. The SMILES string of the molecule is CCC(C)c1ccccc1OCC(NC(C)C)C(=O)O. The summed E-state index contributed by atoms with van der Waals surface area (Å²) >= 11 is 0. The molecule has 0 amide bonds. The van der Waals surface area contributed by atoms with Crippen LogP contribution in [0.2, 0.25) is 0 Å². The maximum atomic E-state index is 11.2. The Balaban J connectivity index is 2.75. The van der Waals surface area contributed by atoms with Crippen LogP contribution in [0.25, 0.3) is 0 Å². The summed E-state index contributed by atoms with van der Waals surface area (Å²) in [6.07, 6.45) is 1.02. The van der Waals surface area contributed by atoms with Crippen LogP contribution in [0.1, 0.15) is 45.6 Å². The average molecular weight is 279 g/mol. The van der Waals surface area contributed by atoms with Crippen LogP contribution in [0.4, 0.5) is 0 Å². The van der Waals surface area contributed by atoms with E-state index in [1.54, 1.807) is 0 Å². The van der Waals surface area contributed by atoms with Crippen molar-refractivity contribution in [3.05, 3.63) is 29.8 Å². The largest absolute Gasteiger partial charge is 0.491 e. The van der Waals surface area contributed by atoms with Crippen molar-refractivity contribution in [1.29, 1.82) is 0 Å². The first-order chi connectivity index (χ1) is 9.45. The van der Waals surface area contributed by atoms with Gasteiger partial charge in [0.1, 0.15) is 18.4 Å². The number of carboxylic acid groups (broad SMARTS) is 1. The van der Waals surface area contributed by atoms with Crippen LogP contribution >= 0.6 is 0 Å². The monoisotopic (exact) mass is 279 g/mol. The van der Waals surface area contributed by atoms with Crippen LogP contribution in [0.5, 0.6) is 5.75 Å². The highest BCUT2D eigenvalue weighted by molar-refractivity contribution is 5.73. The first kappa shape index (κ1) is 16.5. The van der Waals surface area contributed by atoms with E-state index in [2.05, 4.69) is 19.2 Å². The lowest BCUT2D eigenvalue weighted by Gasteiger charge is -2.20. The minimum Gasteiger partial charge on any atom is -0.491 e. The van der Waals surface area contributed by atoms with Gasteiger partial charge in [-0.1, -0.05) is 45.9 Å². The number of benzene rings is 1. The Morgan fingerprint density at radius 3 is 2.50 bits per heavy atom. The summed E-state index contributed by atoms with van der Waals surface area (Å²) in [6, 6.07) is 7.23. The topological polar surface area (TPSA) is 58.6 Å². The van der Waals surface area contributed by atoms with E-state index >= 15 is 0 Å². The van der Waals surface area contributed by atoms with E-state index in [4.69, 9.17) is 4.74 Å². The molecule has 1 aromatic carbocycles. The molecule has 1 rings (SSSR count). The predicted octanol–water partition coefficient (Wildman–Crippen LogP) is 3.03. The number of para-hydroxylation sites is 1. The van der Waals surface area contributed by atoms with Gasteiger partial charge in [-0.2, -0.15) is 0 Å². The van der Waals surface area contributed by atoms with Gasteiger partial charge in [0.25, 0.3) is 0 Å². The molecule has 0 aliphatic rings. The summed E-state index contributed by atoms with van der Waals surface area (Å²) in [5.74, 6) is 0.283. The number of hydrogen-bond acceptors (Lipinski definition) is 3. The fourth-order valence-corrected chi connectivity index (χ4v) is 2.01. The van der Waals surface area contributed by atoms with Gasteiger partial charge >= 0.3 is 5.97 Å². The summed E-state index contributed by atoms with van der Waals surface area (Å²) in [5.41, 5.74) is 1.13. The van der Waals surface area contributed by atoms with Crippen LogP contribution in [0.15, 0.2) is 24.3 Å². The molecule has 0 heterocycles. The lowest BCUT2D eigenvalue weighted by molar-refractivity contribution is -0.140. The molecular weight excluding hydrogens is 254 g/mol. The summed E-state index contributed by atoms with van der Waals surface area (Å²) in [5, 5.41) is 12.2. The second-order valence-corrected chi connectivity index (χ2v) is 5.37. The van der Waals surface area contributed by atoms with Crippen molar-refractivity contribution in [3.8, 4) is 5.75 Å². The minimum atomic E-state index is -0.889. The van der Waals surface area contributed by atoms with E-state index < -0.39 is 12.0 Å². The van der Waals surface area contributed by atoms with Crippen LogP contribution in [-0.4, -0.2) is 29.8 Å². The number of nitrogens with one attached hydrogen (secondary N) is 1. The highest BCUT2D eigenvalue weighted by Crippen LogP contribution is 2.28. The van der Waals surface area contributed by atoms with Gasteiger partial charge in [0.05, 0.1) is 0 Å². The standard InChI is InChI=1S/C16H25NO3/c1-5-12(4)13-8-6-7-9-15(13)20-10-14(16(18)19)17-11(2)3/h6-9,11-12,14,17H,5,10H2,1-4H3,(H,18,19). The Morgan fingerprint density at radius 1 is 1.30 bits per heavy atom. The number of rotatable bonds is 8. The Morgan fingerprint density at radius 2 is 1.95 bits per heavy atom. The highest BCUT2D eigenvalue weighted by atomic mass is 16.5. The van der Waals surface area contributed by atoms with Gasteiger partial charge in [0, 0.05) is 6.04 Å². The smallest absolute Gasteiger partial charge is 0.324 e. The molecule has 0 saturated heterocycles. The van der Waals surface area contributed by atoms with Gasteiger partial charge in [-0.3, -0.25) is 10.1 Å². The number of carboxylic acids is 1. The second kappa shape index (κ2) is 7.90. The molecule has 2 atom stereocenters. The van der Waals surface area contributed by atoms with Crippen molar-refractivity contribution >= 4 is 5.97 Å². The van der Waals surface area contributed by atoms with E-state index in [-0.39, 0.29) is 12.6 Å². The summed E-state index contributed by atoms with van der Waals surface area (Å²) < 4.78 is 5.74. The van der Waals surface area contributed by atoms with Gasteiger partial charge < -0.3 is 9.84 Å². The molecule has 20 heavy (non-hydrogen) atoms. The maximum Gasteiger partial charge on any atom is 0.324 e.